The quantitative estimate of drug-likeness (QED) is 0.800. The molecule has 0 saturated heterocycles. The van der Waals surface area contributed by atoms with Crippen LogP contribution in [-0.2, 0) is 6.42 Å². The predicted octanol–water partition coefficient (Wildman–Crippen LogP) is 5.19. The van der Waals surface area contributed by atoms with E-state index in [0.717, 1.165) is 17.3 Å². The van der Waals surface area contributed by atoms with E-state index in [1.54, 1.807) is 0 Å². The third-order valence-electron chi connectivity index (χ3n) is 3.30. The Morgan fingerprint density at radius 1 is 1.11 bits per heavy atom. The summed E-state index contributed by atoms with van der Waals surface area (Å²) in [6, 6.07) is 17.5. The summed E-state index contributed by atoms with van der Waals surface area (Å²) in [6.07, 6.45) is 2.16. The third kappa shape index (κ3) is 4.10. The number of hydrogen-bond acceptors (Lipinski definition) is 1. The van der Waals surface area contributed by atoms with Crippen LogP contribution in [-0.4, -0.2) is 6.04 Å². The van der Waals surface area contributed by atoms with Crippen LogP contribution in [0.4, 0.5) is 5.69 Å². The zero-order chi connectivity index (χ0) is 13.7. The molecule has 0 aliphatic rings. The molecule has 0 bridgehead atoms. The molecule has 0 saturated carbocycles. The van der Waals surface area contributed by atoms with E-state index in [-0.39, 0.29) is 0 Å². The van der Waals surface area contributed by atoms with Crippen molar-refractivity contribution in [3.63, 3.8) is 0 Å². The van der Waals surface area contributed by atoms with Crippen molar-refractivity contribution >= 4 is 21.6 Å². The maximum absolute atomic E-state index is 3.64. The molecule has 1 nitrogen and oxygen atoms in total. The molecule has 1 unspecified atom stereocenters. The molecule has 0 aliphatic heterocycles. The second-order valence-corrected chi connectivity index (χ2v) is 5.78. The molecule has 1 N–H and O–H groups in total. The lowest BCUT2D eigenvalue weighted by molar-refractivity contribution is 0.690. The highest BCUT2D eigenvalue weighted by Gasteiger charge is 2.09. The summed E-state index contributed by atoms with van der Waals surface area (Å²) in [7, 11) is 0. The summed E-state index contributed by atoms with van der Waals surface area (Å²) in [6.45, 7) is 4.35. The fourth-order valence-electron chi connectivity index (χ4n) is 2.17. The standard InChI is InChI=1S/C17H20BrN/c1-3-15(12-14-7-5-4-6-8-14)19-17-11-13(2)9-10-16(17)18/h4-11,15,19H,3,12H2,1-2H3. The van der Waals surface area contributed by atoms with Crippen molar-refractivity contribution in [2.45, 2.75) is 32.7 Å². The maximum atomic E-state index is 3.64. The third-order valence-corrected chi connectivity index (χ3v) is 3.99. The number of anilines is 1. The van der Waals surface area contributed by atoms with Crippen molar-refractivity contribution in [1.29, 1.82) is 0 Å². The lowest BCUT2D eigenvalue weighted by Gasteiger charge is -2.20. The second kappa shape index (κ2) is 6.76. The van der Waals surface area contributed by atoms with Crippen molar-refractivity contribution in [1.82, 2.24) is 0 Å². The SMILES string of the molecule is CCC(Cc1ccccc1)Nc1cc(C)ccc1Br. The highest BCUT2D eigenvalue weighted by molar-refractivity contribution is 9.10. The van der Waals surface area contributed by atoms with Gasteiger partial charge < -0.3 is 5.32 Å². The van der Waals surface area contributed by atoms with Gasteiger partial charge in [-0.1, -0.05) is 43.3 Å². The van der Waals surface area contributed by atoms with E-state index in [9.17, 15) is 0 Å². The number of benzene rings is 2. The van der Waals surface area contributed by atoms with Crippen molar-refractivity contribution in [2.24, 2.45) is 0 Å². The van der Waals surface area contributed by atoms with Crippen molar-refractivity contribution in [3.05, 3.63) is 64.1 Å². The Morgan fingerprint density at radius 3 is 2.53 bits per heavy atom. The summed E-state index contributed by atoms with van der Waals surface area (Å²) in [5.74, 6) is 0. The highest BCUT2D eigenvalue weighted by Crippen LogP contribution is 2.25. The Bertz CT molecular complexity index is 522. The first-order valence-corrected chi connectivity index (χ1v) is 7.55. The van der Waals surface area contributed by atoms with E-state index in [4.69, 9.17) is 0 Å². The van der Waals surface area contributed by atoms with Crippen LogP contribution in [0.2, 0.25) is 0 Å². The lowest BCUT2D eigenvalue weighted by Crippen LogP contribution is -2.21. The lowest BCUT2D eigenvalue weighted by atomic mass is 10.0. The van der Waals surface area contributed by atoms with Gasteiger partial charge in [-0.05, 0) is 59.0 Å². The molecule has 2 aromatic carbocycles. The topological polar surface area (TPSA) is 12.0 Å². The molecule has 0 aliphatic carbocycles. The molecule has 2 rings (SSSR count). The average molecular weight is 318 g/mol. The van der Waals surface area contributed by atoms with Crippen molar-refractivity contribution in [2.75, 3.05) is 5.32 Å². The molecule has 1 atom stereocenters. The minimum Gasteiger partial charge on any atom is -0.381 e. The van der Waals surface area contributed by atoms with E-state index >= 15 is 0 Å². The van der Waals surface area contributed by atoms with Gasteiger partial charge in [0, 0.05) is 16.2 Å². The number of halogens is 1. The average Bonchev–Trinajstić information content (AvgIpc) is 2.43. The van der Waals surface area contributed by atoms with Crippen LogP contribution in [0.15, 0.2) is 53.0 Å². The number of hydrogen-bond donors (Lipinski definition) is 1. The Balaban J connectivity index is 2.09. The first-order chi connectivity index (χ1) is 9.19. The largest absolute Gasteiger partial charge is 0.381 e. The molecular weight excluding hydrogens is 298 g/mol. The highest BCUT2D eigenvalue weighted by atomic mass is 79.9. The molecule has 100 valence electrons. The Kier molecular flexibility index (Phi) is 5.03. The fraction of sp³-hybridized carbons (Fsp3) is 0.294. The van der Waals surface area contributed by atoms with Crippen LogP contribution in [0.3, 0.4) is 0 Å². The van der Waals surface area contributed by atoms with Crippen LogP contribution in [0.25, 0.3) is 0 Å². The fourth-order valence-corrected chi connectivity index (χ4v) is 2.53. The van der Waals surface area contributed by atoms with Crippen molar-refractivity contribution < 1.29 is 0 Å². The van der Waals surface area contributed by atoms with Gasteiger partial charge in [-0.2, -0.15) is 0 Å². The van der Waals surface area contributed by atoms with Gasteiger partial charge in [-0.3, -0.25) is 0 Å². The van der Waals surface area contributed by atoms with E-state index in [2.05, 4.69) is 83.6 Å². The zero-order valence-corrected chi connectivity index (χ0v) is 13.1. The van der Waals surface area contributed by atoms with Crippen LogP contribution in [0.1, 0.15) is 24.5 Å². The van der Waals surface area contributed by atoms with Gasteiger partial charge in [0.2, 0.25) is 0 Å². The summed E-state index contributed by atoms with van der Waals surface area (Å²) in [5, 5.41) is 3.64. The van der Waals surface area contributed by atoms with E-state index < -0.39 is 0 Å². The van der Waals surface area contributed by atoms with Crippen LogP contribution in [0, 0.1) is 6.92 Å². The molecule has 0 amide bonds. The molecule has 0 spiro atoms. The van der Waals surface area contributed by atoms with Gasteiger partial charge in [-0.15, -0.1) is 0 Å². The Labute approximate surface area is 124 Å². The number of rotatable bonds is 5. The van der Waals surface area contributed by atoms with Gasteiger partial charge in [0.05, 0.1) is 0 Å². The molecule has 19 heavy (non-hydrogen) atoms. The van der Waals surface area contributed by atoms with Gasteiger partial charge in [0.15, 0.2) is 0 Å². The summed E-state index contributed by atoms with van der Waals surface area (Å²) < 4.78 is 1.13. The molecule has 0 heterocycles. The Morgan fingerprint density at radius 2 is 1.84 bits per heavy atom. The minimum atomic E-state index is 0.459. The molecule has 0 aromatic heterocycles. The first-order valence-electron chi connectivity index (χ1n) is 6.75. The molecule has 2 heteroatoms. The van der Waals surface area contributed by atoms with Crippen molar-refractivity contribution in [3.8, 4) is 0 Å². The van der Waals surface area contributed by atoms with E-state index in [1.807, 2.05) is 0 Å². The van der Waals surface area contributed by atoms with Gasteiger partial charge in [-0.25, -0.2) is 0 Å². The second-order valence-electron chi connectivity index (χ2n) is 4.92. The molecule has 0 radical (unpaired) electrons. The summed E-state index contributed by atoms with van der Waals surface area (Å²) in [4.78, 5) is 0. The maximum Gasteiger partial charge on any atom is 0.0489 e. The predicted molar refractivity (Wildman–Crippen MR) is 86.7 cm³/mol. The molecular formula is C17H20BrN. The van der Waals surface area contributed by atoms with Gasteiger partial charge in [0.25, 0.3) is 0 Å². The van der Waals surface area contributed by atoms with Crippen LogP contribution >= 0.6 is 15.9 Å². The first kappa shape index (κ1) is 14.1. The molecule has 0 fully saturated rings. The summed E-state index contributed by atoms with van der Waals surface area (Å²) >= 11 is 3.61. The van der Waals surface area contributed by atoms with Crippen LogP contribution < -0.4 is 5.32 Å². The number of aryl methyl sites for hydroxylation is 1. The van der Waals surface area contributed by atoms with E-state index in [1.165, 1.54) is 16.8 Å². The van der Waals surface area contributed by atoms with Gasteiger partial charge >= 0.3 is 0 Å². The zero-order valence-electron chi connectivity index (χ0n) is 11.5. The Hall–Kier alpha value is -1.28. The molecule has 2 aromatic rings. The normalized spacial score (nSPS) is 12.2. The van der Waals surface area contributed by atoms with Gasteiger partial charge in [0.1, 0.15) is 0 Å². The van der Waals surface area contributed by atoms with Crippen LogP contribution in [0.5, 0.6) is 0 Å². The monoisotopic (exact) mass is 317 g/mol. The smallest absolute Gasteiger partial charge is 0.0489 e. The minimum absolute atomic E-state index is 0.459. The summed E-state index contributed by atoms with van der Waals surface area (Å²) in [5.41, 5.74) is 3.84. The number of nitrogens with one attached hydrogen (secondary N) is 1. The van der Waals surface area contributed by atoms with E-state index in [0.29, 0.717) is 6.04 Å².